The number of pyridine rings is 1. The monoisotopic (exact) mass is 308 g/mol. The minimum atomic E-state index is -1.10. The fourth-order valence-electron chi connectivity index (χ4n) is 1.76. The van der Waals surface area contributed by atoms with E-state index in [4.69, 9.17) is 21.6 Å². The molecule has 0 fully saturated rings. The summed E-state index contributed by atoms with van der Waals surface area (Å²) >= 11 is 6.10. The SMILES string of the molecule is C[Si](C)(C)CCOCn1nc(C#N)c2c(Cl)ccnc21. The van der Waals surface area contributed by atoms with Crippen LogP contribution in [0.15, 0.2) is 12.3 Å². The molecule has 0 amide bonds. The lowest BCUT2D eigenvalue weighted by atomic mass is 10.3. The maximum Gasteiger partial charge on any atom is 0.173 e. The third-order valence-corrected chi connectivity index (χ3v) is 4.92. The van der Waals surface area contributed by atoms with Gasteiger partial charge in [0.1, 0.15) is 12.8 Å². The summed E-state index contributed by atoms with van der Waals surface area (Å²) in [5.41, 5.74) is 0.869. The van der Waals surface area contributed by atoms with Crippen LogP contribution in [0.4, 0.5) is 0 Å². The van der Waals surface area contributed by atoms with E-state index in [1.807, 2.05) is 6.07 Å². The molecule has 2 aromatic heterocycles. The van der Waals surface area contributed by atoms with E-state index in [1.54, 1.807) is 16.9 Å². The molecule has 0 saturated carbocycles. The summed E-state index contributed by atoms with van der Waals surface area (Å²) in [6.07, 6.45) is 1.60. The molecule has 0 aromatic carbocycles. The zero-order valence-electron chi connectivity index (χ0n) is 11.9. The van der Waals surface area contributed by atoms with Gasteiger partial charge in [0.2, 0.25) is 0 Å². The van der Waals surface area contributed by atoms with Gasteiger partial charge >= 0.3 is 0 Å². The summed E-state index contributed by atoms with van der Waals surface area (Å²) < 4.78 is 7.23. The number of aromatic nitrogens is 3. The molecule has 0 aliphatic carbocycles. The third-order valence-electron chi connectivity index (χ3n) is 2.90. The molecule has 5 nitrogen and oxygen atoms in total. The van der Waals surface area contributed by atoms with Crippen molar-refractivity contribution in [1.29, 1.82) is 5.26 Å². The first-order valence-electron chi connectivity index (χ1n) is 6.41. The number of fused-ring (bicyclic) bond motifs is 1. The molecule has 0 N–H and O–H groups in total. The molecule has 0 aliphatic rings. The second-order valence-electron chi connectivity index (χ2n) is 5.80. The molecule has 0 saturated heterocycles. The molecule has 0 bridgehead atoms. The fourth-order valence-corrected chi connectivity index (χ4v) is 2.75. The second-order valence-corrected chi connectivity index (χ2v) is 11.8. The van der Waals surface area contributed by atoms with Crippen molar-refractivity contribution in [2.75, 3.05) is 6.61 Å². The Bertz CT molecular complexity index is 657. The van der Waals surface area contributed by atoms with Gasteiger partial charge in [0.25, 0.3) is 0 Å². The predicted molar refractivity (Wildman–Crippen MR) is 81.4 cm³/mol. The number of nitriles is 1. The lowest BCUT2D eigenvalue weighted by Crippen LogP contribution is -2.22. The lowest BCUT2D eigenvalue weighted by molar-refractivity contribution is 0.0812. The van der Waals surface area contributed by atoms with Gasteiger partial charge in [-0.2, -0.15) is 10.4 Å². The van der Waals surface area contributed by atoms with Crippen molar-refractivity contribution in [2.45, 2.75) is 32.4 Å². The van der Waals surface area contributed by atoms with Crippen LogP contribution in [0.1, 0.15) is 5.69 Å². The molecule has 20 heavy (non-hydrogen) atoms. The van der Waals surface area contributed by atoms with Crippen LogP contribution in [0.25, 0.3) is 11.0 Å². The van der Waals surface area contributed by atoms with E-state index in [2.05, 4.69) is 29.7 Å². The number of rotatable bonds is 5. The first-order valence-corrected chi connectivity index (χ1v) is 10.5. The van der Waals surface area contributed by atoms with Gasteiger partial charge in [-0.3, -0.25) is 0 Å². The van der Waals surface area contributed by atoms with E-state index >= 15 is 0 Å². The molecule has 0 aliphatic heterocycles. The number of hydrogen-bond acceptors (Lipinski definition) is 4. The average molecular weight is 309 g/mol. The Kier molecular flexibility index (Phi) is 4.43. The molecule has 0 radical (unpaired) electrons. The standard InChI is InChI=1S/C13H17ClN4OSi/c1-20(2,3)7-6-19-9-18-13-12(11(8-15)17-18)10(14)4-5-16-13/h4-5H,6-7,9H2,1-3H3. The number of ether oxygens (including phenoxy) is 1. The van der Waals surface area contributed by atoms with Crippen LogP contribution in [0, 0.1) is 11.3 Å². The van der Waals surface area contributed by atoms with Crippen molar-refractivity contribution < 1.29 is 4.74 Å². The highest BCUT2D eigenvalue weighted by atomic mass is 35.5. The van der Waals surface area contributed by atoms with Crippen LogP contribution in [0.5, 0.6) is 0 Å². The first-order chi connectivity index (χ1) is 9.42. The van der Waals surface area contributed by atoms with Crippen LogP contribution in [0.2, 0.25) is 30.7 Å². The van der Waals surface area contributed by atoms with Crippen molar-refractivity contribution in [3.8, 4) is 6.07 Å². The van der Waals surface area contributed by atoms with Crippen LogP contribution >= 0.6 is 11.6 Å². The summed E-state index contributed by atoms with van der Waals surface area (Å²) in [4.78, 5) is 4.23. The van der Waals surface area contributed by atoms with E-state index in [9.17, 15) is 0 Å². The van der Waals surface area contributed by atoms with Gasteiger partial charge in [0.15, 0.2) is 11.3 Å². The highest BCUT2D eigenvalue weighted by Gasteiger charge is 2.15. The van der Waals surface area contributed by atoms with Gasteiger partial charge in [-0.1, -0.05) is 31.2 Å². The van der Waals surface area contributed by atoms with Gasteiger partial charge in [-0.25, -0.2) is 9.67 Å². The summed E-state index contributed by atoms with van der Waals surface area (Å²) in [5.74, 6) is 0. The third kappa shape index (κ3) is 3.36. The van der Waals surface area contributed by atoms with Crippen molar-refractivity contribution in [3.63, 3.8) is 0 Å². The van der Waals surface area contributed by atoms with E-state index < -0.39 is 8.07 Å². The number of nitrogens with zero attached hydrogens (tertiary/aromatic N) is 4. The molecule has 0 atom stereocenters. The summed E-state index contributed by atoms with van der Waals surface area (Å²) in [5, 5.41) is 14.4. The molecule has 2 aromatic rings. The first kappa shape index (κ1) is 15.0. The van der Waals surface area contributed by atoms with Crippen molar-refractivity contribution >= 4 is 30.7 Å². The molecule has 7 heteroatoms. The Morgan fingerprint density at radius 1 is 1.45 bits per heavy atom. The van der Waals surface area contributed by atoms with E-state index in [0.717, 1.165) is 6.04 Å². The molecule has 2 rings (SSSR count). The Morgan fingerprint density at radius 2 is 2.20 bits per heavy atom. The highest BCUT2D eigenvalue weighted by Crippen LogP contribution is 2.24. The van der Waals surface area contributed by atoms with Crippen LogP contribution in [0.3, 0.4) is 0 Å². The molecule has 106 valence electrons. The Morgan fingerprint density at radius 3 is 2.85 bits per heavy atom. The van der Waals surface area contributed by atoms with Gasteiger partial charge in [0, 0.05) is 20.9 Å². The van der Waals surface area contributed by atoms with E-state index in [-0.39, 0.29) is 12.4 Å². The summed E-state index contributed by atoms with van der Waals surface area (Å²) in [6, 6.07) is 4.79. The topological polar surface area (TPSA) is 63.7 Å². The fraction of sp³-hybridized carbons (Fsp3) is 0.462. The smallest absolute Gasteiger partial charge is 0.173 e. The molecular weight excluding hydrogens is 292 g/mol. The normalized spacial score (nSPS) is 11.8. The number of hydrogen-bond donors (Lipinski definition) is 0. The minimum absolute atomic E-state index is 0.284. The quantitative estimate of drug-likeness (QED) is 0.628. The zero-order valence-corrected chi connectivity index (χ0v) is 13.6. The van der Waals surface area contributed by atoms with Gasteiger partial charge in [-0.15, -0.1) is 0 Å². The minimum Gasteiger partial charge on any atom is -0.359 e. The zero-order chi connectivity index (χ0) is 14.8. The van der Waals surface area contributed by atoms with Gasteiger partial charge in [0.05, 0.1) is 10.4 Å². The molecule has 0 unspecified atom stereocenters. The molecule has 0 spiro atoms. The van der Waals surface area contributed by atoms with Crippen molar-refractivity contribution in [2.24, 2.45) is 0 Å². The van der Waals surface area contributed by atoms with Gasteiger partial charge < -0.3 is 4.74 Å². The predicted octanol–water partition coefficient (Wildman–Crippen LogP) is 3.27. The maximum absolute atomic E-state index is 9.10. The van der Waals surface area contributed by atoms with Crippen LogP contribution < -0.4 is 0 Å². The summed E-state index contributed by atoms with van der Waals surface area (Å²) in [7, 11) is -1.10. The Balaban J connectivity index is 2.15. The van der Waals surface area contributed by atoms with E-state index in [0.29, 0.717) is 22.7 Å². The van der Waals surface area contributed by atoms with Crippen molar-refractivity contribution in [1.82, 2.24) is 14.8 Å². The second kappa shape index (κ2) is 5.91. The number of halogens is 1. The largest absolute Gasteiger partial charge is 0.359 e. The van der Waals surface area contributed by atoms with Gasteiger partial charge in [-0.05, 0) is 12.1 Å². The summed E-state index contributed by atoms with van der Waals surface area (Å²) in [6.45, 7) is 7.88. The average Bonchev–Trinajstić information content (AvgIpc) is 2.73. The lowest BCUT2D eigenvalue weighted by Gasteiger charge is -2.15. The van der Waals surface area contributed by atoms with E-state index in [1.165, 1.54) is 0 Å². The van der Waals surface area contributed by atoms with Crippen molar-refractivity contribution in [3.05, 3.63) is 23.0 Å². The molecular formula is C13H17ClN4OSi. The Hall–Kier alpha value is -1.42. The van der Waals surface area contributed by atoms with Crippen LogP contribution in [-0.2, 0) is 11.5 Å². The highest BCUT2D eigenvalue weighted by molar-refractivity contribution is 6.76. The molecule has 2 heterocycles. The Labute approximate surface area is 124 Å². The maximum atomic E-state index is 9.10. The van der Waals surface area contributed by atoms with Crippen LogP contribution in [-0.4, -0.2) is 29.4 Å².